The van der Waals surface area contributed by atoms with Crippen molar-refractivity contribution in [3.8, 4) is 11.5 Å². The van der Waals surface area contributed by atoms with Gasteiger partial charge >= 0.3 is 5.30 Å². The van der Waals surface area contributed by atoms with Crippen molar-refractivity contribution in [3.05, 3.63) is 18.2 Å². The van der Waals surface area contributed by atoms with Crippen LogP contribution in [0.3, 0.4) is 0 Å². The molecule has 0 fully saturated rings. The average Bonchev–Trinajstić information content (AvgIpc) is 2.74. The zero-order valence-electron chi connectivity index (χ0n) is 8.30. The first-order valence-electron chi connectivity index (χ1n) is 4.28. The first-order valence-corrected chi connectivity index (χ1v) is 5.76. The number of fused-ring (bicyclic) bond motifs is 1. The smallest absolute Gasteiger partial charge is 0.429 e. The minimum atomic E-state index is -4.11. The number of sulfone groups is 1. The van der Waals surface area contributed by atoms with Gasteiger partial charge in [0, 0.05) is 6.07 Å². The lowest BCUT2D eigenvalue weighted by Crippen LogP contribution is -2.14. The summed E-state index contributed by atoms with van der Waals surface area (Å²) < 4.78 is 37.4. The lowest BCUT2D eigenvalue weighted by atomic mass is 10.3. The maximum atomic E-state index is 11.6. The van der Waals surface area contributed by atoms with Gasteiger partial charge in [-0.05, 0) is 12.1 Å². The van der Waals surface area contributed by atoms with E-state index < -0.39 is 15.1 Å². The van der Waals surface area contributed by atoms with E-state index in [1.165, 1.54) is 18.2 Å². The number of hydrogen-bond acceptors (Lipinski definition) is 6. The summed E-state index contributed by atoms with van der Waals surface area (Å²) in [7, 11) is -3.10. The van der Waals surface area contributed by atoms with Gasteiger partial charge in [0.2, 0.25) is 6.79 Å². The van der Waals surface area contributed by atoms with E-state index in [9.17, 15) is 13.2 Å². The summed E-state index contributed by atoms with van der Waals surface area (Å²) in [5.74, 6) is 0.744. The van der Waals surface area contributed by atoms with Gasteiger partial charge in [-0.25, -0.2) is 13.2 Å². The molecule has 1 aromatic carbocycles. The van der Waals surface area contributed by atoms with Crippen LogP contribution in [0.1, 0.15) is 0 Å². The number of hydrogen-bond donors (Lipinski definition) is 0. The molecule has 0 saturated carbocycles. The zero-order chi connectivity index (χ0) is 11.8. The molecule has 0 aromatic heterocycles. The van der Waals surface area contributed by atoms with Crippen molar-refractivity contribution in [2.45, 2.75) is 4.90 Å². The molecule has 0 saturated heterocycles. The van der Waals surface area contributed by atoms with Gasteiger partial charge in [0.1, 0.15) is 0 Å². The topological polar surface area (TPSA) is 78.9 Å². The Labute approximate surface area is 91.6 Å². The Morgan fingerprint density at radius 2 is 2.00 bits per heavy atom. The highest BCUT2D eigenvalue weighted by Gasteiger charge is 2.28. The largest absolute Gasteiger partial charge is 0.457 e. The van der Waals surface area contributed by atoms with Crippen LogP contribution < -0.4 is 9.47 Å². The summed E-state index contributed by atoms with van der Waals surface area (Å²) in [6.07, 6.45) is 0. The summed E-state index contributed by atoms with van der Waals surface area (Å²) in [5.41, 5.74) is 0. The highest BCUT2D eigenvalue weighted by Crippen LogP contribution is 2.34. The molecule has 0 N–H and O–H groups in total. The predicted octanol–water partition coefficient (Wildman–Crippen LogP) is 0.955. The van der Waals surface area contributed by atoms with Crippen LogP contribution in [0.2, 0.25) is 0 Å². The lowest BCUT2D eigenvalue weighted by molar-refractivity contribution is 0.174. The highest BCUT2D eigenvalue weighted by atomic mass is 32.2. The molecule has 1 aliphatic rings. The predicted molar refractivity (Wildman–Crippen MR) is 52.2 cm³/mol. The van der Waals surface area contributed by atoms with Crippen LogP contribution >= 0.6 is 0 Å². The van der Waals surface area contributed by atoms with Crippen molar-refractivity contribution in [1.82, 2.24) is 0 Å². The molecule has 0 unspecified atom stereocenters. The maximum Gasteiger partial charge on any atom is 0.429 e. The van der Waals surface area contributed by atoms with Crippen LogP contribution in [0.4, 0.5) is 4.79 Å². The summed E-state index contributed by atoms with van der Waals surface area (Å²) in [5, 5.41) is -1.30. The van der Waals surface area contributed by atoms with Gasteiger partial charge in [-0.2, -0.15) is 0 Å². The van der Waals surface area contributed by atoms with Gasteiger partial charge in [-0.1, -0.05) is 0 Å². The quantitative estimate of drug-likeness (QED) is 0.684. The lowest BCUT2D eigenvalue weighted by Gasteiger charge is -2.02. The van der Waals surface area contributed by atoms with Crippen LogP contribution in [0.25, 0.3) is 0 Å². The SMILES string of the molecule is COC(=O)S(=O)(=O)c1ccc2c(c1)OCO2. The Bertz CT molecular complexity index is 533. The fourth-order valence-electron chi connectivity index (χ4n) is 1.25. The van der Waals surface area contributed by atoms with Gasteiger partial charge in [0.05, 0.1) is 12.0 Å². The van der Waals surface area contributed by atoms with Crippen molar-refractivity contribution < 1.29 is 27.4 Å². The van der Waals surface area contributed by atoms with E-state index >= 15 is 0 Å². The normalized spacial score (nSPS) is 13.6. The number of ether oxygens (including phenoxy) is 3. The van der Waals surface area contributed by atoms with E-state index in [1.54, 1.807) is 0 Å². The molecular weight excluding hydrogens is 236 g/mol. The van der Waals surface area contributed by atoms with Gasteiger partial charge in [-0.15, -0.1) is 0 Å². The molecule has 0 spiro atoms. The second kappa shape index (κ2) is 3.67. The molecule has 6 nitrogen and oxygen atoms in total. The molecule has 16 heavy (non-hydrogen) atoms. The molecular formula is C9H8O6S. The molecule has 0 amide bonds. The fourth-order valence-corrected chi connectivity index (χ4v) is 2.17. The minimum Gasteiger partial charge on any atom is -0.457 e. The molecule has 1 heterocycles. The van der Waals surface area contributed by atoms with Gasteiger partial charge in [0.25, 0.3) is 9.84 Å². The van der Waals surface area contributed by atoms with E-state index in [-0.39, 0.29) is 11.7 Å². The summed E-state index contributed by atoms with van der Waals surface area (Å²) in [6.45, 7) is 0.0387. The molecule has 0 atom stereocenters. The maximum absolute atomic E-state index is 11.6. The Kier molecular flexibility index (Phi) is 2.47. The first-order chi connectivity index (χ1) is 7.55. The summed E-state index contributed by atoms with van der Waals surface area (Å²) in [6, 6.07) is 3.92. The fraction of sp³-hybridized carbons (Fsp3) is 0.222. The van der Waals surface area contributed by atoms with E-state index in [4.69, 9.17) is 9.47 Å². The molecule has 0 radical (unpaired) electrons. The van der Waals surface area contributed by atoms with Crippen LogP contribution in [0, 0.1) is 0 Å². The summed E-state index contributed by atoms with van der Waals surface area (Å²) >= 11 is 0. The molecule has 86 valence electrons. The highest BCUT2D eigenvalue weighted by molar-refractivity contribution is 8.05. The van der Waals surface area contributed by atoms with Crippen LogP contribution in [0.15, 0.2) is 23.1 Å². The standard InChI is InChI=1S/C9H8O6S/c1-13-9(10)16(11,12)6-2-3-7-8(4-6)15-5-14-7/h2-4H,5H2,1H3. The Balaban J connectivity index is 2.46. The summed E-state index contributed by atoms with van der Waals surface area (Å²) in [4.78, 5) is 10.9. The van der Waals surface area contributed by atoms with Gasteiger partial charge < -0.3 is 14.2 Å². The number of carbonyl (C=O) groups excluding carboxylic acids is 1. The Morgan fingerprint density at radius 3 is 2.69 bits per heavy atom. The van der Waals surface area contributed by atoms with Crippen molar-refractivity contribution in [2.75, 3.05) is 13.9 Å². The Morgan fingerprint density at radius 1 is 1.31 bits per heavy atom. The molecule has 0 aliphatic carbocycles. The zero-order valence-corrected chi connectivity index (χ0v) is 9.11. The second-order valence-electron chi connectivity index (χ2n) is 2.97. The van der Waals surface area contributed by atoms with Gasteiger partial charge in [0.15, 0.2) is 11.5 Å². The van der Waals surface area contributed by atoms with Crippen LogP contribution in [0.5, 0.6) is 11.5 Å². The molecule has 1 aliphatic heterocycles. The molecule has 1 aromatic rings. The van der Waals surface area contributed by atoms with E-state index in [2.05, 4.69) is 4.74 Å². The first kappa shape index (κ1) is 10.7. The minimum absolute atomic E-state index is 0.0387. The third-order valence-corrected chi connectivity index (χ3v) is 3.52. The van der Waals surface area contributed by atoms with E-state index in [1.807, 2.05) is 0 Å². The Hall–Kier alpha value is -1.76. The second-order valence-corrected chi connectivity index (χ2v) is 4.78. The van der Waals surface area contributed by atoms with Gasteiger partial charge in [-0.3, -0.25) is 0 Å². The van der Waals surface area contributed by atoms with E-state index in [0.29, 0.717) is 11.5 Å². The average molecular weight is 244 g/mol. The number of rotatable bonds is 1. The molecule has 2 rings (SSSR count). The number of carbonyl (C=O) groups is 1. The van der Waals surface area contributed by atoms with Crippen LogP contribution in [-0.4, -0.2) is 27.6 Å². The van der Waals surface area contributed by atoms with Crippen LogP contribution in [-0.2, 0) is 14.6 Å². The van der Waals surface area contributed by atoms with Crippen molar-refractivity contribution in [2.24, 2.45) is 0 Å². The number of benzene rings is 1. The van der Waals surface area contributed by atoms with E-state index in [0.717, 1.165) is 7.11 Å². The monoisotopic (exact) mass is 244 g/mol. The molecule has 0 bridgehead atoms. The van der Waals surface area contributed by atoms with Crippen molar-refractivity contribution >= 4 is 15.1 Å². The third kappa shape index (κ3) is 1.58. The van der Waals surface area contributed by atoms with Crippen molar-refractivity contribution in [3.63, 3.8) is 0 Å². The van der Waals surface area contributed by atoms with Crippen molar-refractivity contribution in [1.29, 1.82) is 0 Å². The third-order valence-electron chi connectivity index (χ3n) is 2.04. The molecule has 7 heteroatoms. The number of methoxy groups -OCH3 is 1.